The van der Waals surface area contributed by atoms with Crippen molar-refractivity contribution in [2.75, 3.05) is 0 Å². The molecule has 1 amide bonds. The van der Waals surface area contributed by atoms with Crippen LogP contribution in [0.2, 0.25) is 0 Å². The molecule has 2 aromatic rings. The van der Waals surface area contributed by atoms with E-state index in [0.717, 1.165) is 4.88 Å². The van der Waals surface area contributed by atoms with E-state index in [1.807, 2.05) is 23.6 Å². The molecule has 0 aromatic carbocycles. The maximum Gasteiger partial charge on any atom is 0.244 e. The highest BCUT2D eigenvalue weighted by Gasteiger charge is 2.17. The molecule has 0 aliphatic heterocycles. The van der Waals surface area contributed by atoms with Gasteiger partial charge in [-0.3, -0.25) is 4.79 Å². The number of aryl methyl sites for hydroxylation is 1. The van der Waals surface area contributed by atoms with Gasteiger partial charge >= 0.3 is 0 Å². The molecule has 0 spiro atoms. The van der Waals surface area contributed by atoms with Crippen LogP contribution in [0.4, 0.5) is 0 Å². The molecule has 2 nitrogen and oxygen atoms in total. The van der Waals surface area contributed by atoms with Gasteiger partial charge in [0.1, 0.15) is 0 Å². The van der Waals surface area contributed by atoms with E-state index in [1.54, 1.807) is 28.7 Å². The van der Waals surface area contributed by atoms with Crippen LogP contribution in [-0.4, -0.2) is 5.91 Å². The van der Waals surface area contributed by atoms with Gasteiger partial charge in [0.25, 0.3) is 0 Å². The molecule has 0 bridgehead atoms. The minimum absolute atomic E-state index is 0.0387. The SMILES string of the molecule is Cc1ccc(/C=C/C(=O)N[C@@H](c2cccs2)C(C)C)s1. The van der Waals surface area contributed by atoms with E-state index in [4.69, 9.17) is 0 Å². The number of carbonyl (C=O) groups excluding carboxylic acids is 1. The molecule has 106 valence electrons. The fourth-order valence-electron chi connectivity index (χ4n) is 1.94. The standard InChI is InChI=1S/C16H19NOS2/c1-11(2)16(14-5-4-10-19-14)17-15(18)9-8-13-7-6-12(3)20-13/h4-11,16H,1-3H3,(H,17,18)/b9-8+/t16-/m1/s1. The Morgan fingerprint density at radius 2 is 2.10 bits per heavy atom. The molecule has 1 atom stereocenters. The van der Waals surface area contributed by atoms with Gasteiger partial charge in [0, 0.05) is 20.7 Å². The average molecular weight is 305 g/mol. The molecule has 0 fully saturated rings. The first-order valence-corrected chi connectivity index (χ1v) is 8.34. The van der Waals surface area contributed by atoms with Gasteiger partial charge in [0.05, 0.1) is 6.04 Å². The van der Waals surface area contributed by atoms with E-state index in [0.29, 0.717) is 5.92 Å². The summed E-state index contributed by atoms with van der Waals surface area (Å²) in [5.74, 6) is 0.332. The van der Waals surface area contributed by atoms with Crippen LogP contribution in [0.1, 0.15) is 34.5 Å². The highest BCUT2D eigenvalue weighted by molar-refractivity contribution is 7.12. The predicted octanol–water partition coefficient (Wildman–Crippen LogP) is 4.64. The summed E-state index contributed by atoms with van der Waals surface area (Å²) in [5, 5.41) is 5.13. The first-order chi connectivity index (χ1) is 9.56. The first-order valence-electron chi connectivity index (χ1n) is 6.64. The summed E-state index contributed by atoms with van der Waals surface area (Å²) >= 11 is 3.37. The zero-order valence-corrected chi connectivity index (χ0v) is 13.6. The van der Waals surface area contributed by atoms with Gasteiger partial charge in [-0.1, -0.05) is 19.9 Å². The normalized spacial score (nSPS) is 13.0. The number of amides is 1. The highest BCUT2D eigenvalue weighted by atomic mass is 32.1. The predicted molar refractivity (Wildman–Crippen MR) is 88.1 cm³/mol. The van der Waals surface area contributed by atoms with Crippen molar-refractivity contribution in [2.24, 2.45) is 5.92 Å². The lowest BCUT2D eigenvalue weighted by atomic mass is 10.0. The molecular weight excluding hydrogens is 286 g/mol. The molecule has 0 unspecified atom stereocenters. The maximum absolute atomic E-state index is 12.0. The smallest absolute Gasteiger partial charge is 0.244 e. The minimum atomic E-state index is -0.0387. The second-order valence-electron chi connectivity index (χ2n) is 5.03. The molecule has 20 heavy (non-hydrogen) atoms. The third kappa shape index (κ3) is 4.05. The topological polar surface area (TPSA) is 29.1 Å². The maximum atomic E-state index is 12.0. The van der Waals surface area contributed by atoms with Crippen LogP contribution >= 0.6 is 22.7 Å². The van der Waals surface area contributed by atoms with Gasteiger partial charge in [-0.2, -0.15) is 0 Å². The second-order valence-corrected chi connectivity index (χ2v) is 7.33. The van der Waals surface area contributed by atoms with E-state index in [9.17, 15) is 4.79 Å². The second kappa shape index (κ2) is 6.86. The molecule has 2 heterocycles. The Morgan fingerprint density at radius 3 is 2.65 bits per heavy atom. The van der Waals surface area contributed by atoms with Crippen molar-refractivity contribution in [2.45, 2.75) is 26.8 Å². The molecular formula is C16H19NOS2. The first kappa shape index (κ1) is 15.0. The summed E-state index contributed by atoms with van der Waals surface area (Å²) in [4.78, 5) is 15.6. The molecule has 2 aromatic heterocycles. The van der Waals surface area contributed by atoms with E-state index in [2.05, 4.69) is 38.2 Å². The van der Waals surface area contributed by atoms with Crippen LogP contribution in [0.5, 0.6) is 0 Å². The summed E-state index contributed by atoms with van der Waals surface area (Å²) in [6.07, 6.45) is 3.49. The summed E-state index contributed by atoms with van der Waals surface area (Å²) in [7, 11) is 0. The van der Waals surface area contributed by atoms with E-state index in [-0.39, 0.29) is 11.9 Å². The zero-order chi connectivity index (χ0) is 14.5. The average Bonchev–Trinajstić information content (AvgIpc) is 3.04. The third-order valence-corrected chi connectivity index (χ3v) is 4.90. The molecule has 0 aliphatic rings. The van der Waals surface area contributed by atoms with Crippen molar-refractivity contribution in [1.82, 2.24) is 5.32 Å². The lowest BCUT2D eigenvalue weighted by Crippen LogP contribution is -2.29. The summed E-state index contributed by atoms with van der Waals surface area (Å²) in [6.45, 7) is 6.31. The zero-order valence-electron chi connectivity index (χ0n) is 11.9. The number of hydrogen-bond acceptors (Lipinski definition) is 3. The Kier molecular flexibility index (Phi) is 5.15. The van der Waals surface area contributed by atoms with Gasteiger partial charge in [0.15, 0.2) is 0 Å². The number of hydrogen-bond donors (Lipinski definition) is 1. The number of nitrogens with one attached hydrogen (secondary N) is 1. The summed E-state index contributed by atoms with van der Waals surface area (Å²) in [5.41, 5.74) is 0. The lowest BCUT2D eigenvalue weighted by Gasteiger charge is -2.20. The van der Waals surface area contributed by atoms with Crippen molar-refractivity contribution in [3.8, 4) is 0 Å². The fourth-order valence-corrected chi connectivity index (χ4v) is 3.67. The van der Waals surface area contributed by atoms with Gasteiger partial charge in [0.2, 0.25) is 5.91 Å². The van der Waals surface area contributed by atoms with Crippen LogP contribution in [-0.2, 0) is 4.79 Å². The summed E-state index contributed by atoms with van der Waals surface area (Å²) < 4.78 is 0. The van der Waals surface area contributed by atoms with E-state index < -0.39 is 0 Å². The van der Waals surface area contributed by atoms with Crippen LogP contribution in [0.25, 0.3) is 6.08 Å². The van der Waals surface area contributed by atoms with Crippen LogP contribution in [0, 0.1) is 12.8 Å². The lowest BCUT2D eigenvalue weighted by molar-refractivity contribution is -0.117. The van der Waals surface area contributed by atoms with Gasteiger partial charge in [-0.05, 0) is 42.5 Å². The molecule has 0 aliphatic carbocycles. The summed E-state index contributed by atoms with van der Waals surface area (Å²) in [6, 6.07) is 8.26. The van der Waals surface area contributed by atoms with Crippen LogP contribution < -0.4 is 5.32 Å². The Hall–Kier alpha value is -1.39. The van der Waals surface area contributed by atoms with Crippen LogP contribution in [0.3, 0.4) is 0 Å². The minimum Gasteiger partial charge on any atom is -0.345 e. The Balaban J connectivity index is 2.00. The monoisotopic (exact) mass is 305 g/mol. The van der Waals surface area contributed by atoms with E-state index in [1.165, 1.54) is 9.75 Å². The quantitative estimate of drug-likeness (QED) is 0.801. The van der Waals surface area contributed by atoms with E-state index >= 15 is 0 Å². The van der Waals surface area contributed by atoms with Gasteiger partial charge in [-0.15, -0.1) is 22.7 Å². The Morgan fingerprint density at radius 1 is 1.30 bits per heavy atom. The van der Waals surface area contributed by atoms with Crippen molar-refractivity contribution in [3.63, 3.8) is 0 Å². The van der Waals surface area contributed by atoms with Gasteiger partial charge in [-0.25, -0.2) is 0 Å². The molecule has 1 N–H and O–H groups in total. The number of thiophene rings is 2. The van der Waals surface area contributed by atoms with Crippen molar-refractivity contribution in [1.29, 1.82) is 0 Å². The molecule has 0 radical (unpaired) electrons. The number of rotatable bonds is 5. The van der Waals surface area contributed by atoms with Crippen molar-refractivity contribution >= 4 is 34.7 Å². The Labute approximate surface area is 128 Å². The molecule has 0 saturated carbocycles. The molecule has 2 rings (SSSR count). The highest BCUT2D eigenvalue weighted by Crippen LogP contribution is 2.25. The fraction of sp³-hybridized carbons (Fsp3) is 0.312. The van der Waals surface area contributed by atoms with Crippen molar-refractivity contribution < 1.29 is 4.79 Å². The molecule has 0 saturated heterocycles. The largest absolute Gasteiger partial charge is 0.345 e. The Bertz CT molecular complexity index is 581. The molecule has 4 heteroatoms. The van der Waals surface area contributed by atoms with Crippen molar-refractivity contribution in [3.05, 3.63) is 50.4 Å². The van der Waals surface area contributed by atoms with Crippen LogP contribution in [0.15, 0.2) is 35.7 Å². The van der Waals surface area contributed by atoms with Gasteiger partial charge < -0.3 is 5.32 Å². The third-order valence-electron chi connectivity index (χ3n) is 2.97. The number of carbonyl (C=O) groups is 1.